The van der Waals surface area contributed by atoms with E-state index in [1.807, 2.05) is 12.2 Å². The summed E-state index contributed by atoms with van der Waals surface area (Å²) in [7, 11) is 0. The van der Waals surface area contributed by atoms with Crippen molar-refractivity contribution in [3.63, 3.8) is 0 Å². The SMILES string of the molecule is C=C/C=C(\C=C)c1ccc(N2c3cc4c(cc3-c3cccc5cccc2c35)c2ccccc2n4-c2ccccc2)cc1. The van der Waals surface area contributed by atoms with Crippen LogP contribution in [0.15, 0.2) is 159 Å². The topological polar surface area (TPSA) is 8.17 Å². The van der Waals surface area contributed by atoms with Gasteiger partial charge in [-0.3, -0.25) is 0 Å². The van der Waals surface area contributed by atoms with Crippen molar-refractivity contribution >= 4 is 55.2 Å². The highest BCUT2D eigenvalue weighted by atomic mass is 15.2. The molecule has 0 amide bonds. The summed E-state index contributed by atoms with van der Waals surface area (Å²) in [6, 6.07) is 46.2. The maximum Gasteiger partial charge on any atom is 0.0562 e. The van der Waals surface area contributed by atoms with E-state index < -0.39 is 0 Å². The first-order chi connectivity index (χ1) is 20.8. The Balaban J connectivity index is 1.46. The van der Waals surface area contributed by atoms with Crippen molar-refractivity contribution < 1.29 is 0 Å². The van der Waals surface area contributed by atoms with Gasteiger partial charge in [-0.05, 0) is 70.6 Å². The van der Waals surface area contributed by atoms with Gasteiger partial charge < -0.3 is 9.47 Å². The lowest BCUT2D eigenvalue weighted by Crippen LogP contribution is -2.15. The number of rotatable bonds is 5. The summed E-state index contributed by atoms with van der Waals surface area (Å²) in [5.74, 6) is 0. The molecule has 1 aliphatic heterocycles. The van der Waals surface area contributed by atoms with Crippen LogP contribution in [0.1, 0.15) is 5.56 Å². The summed E-state index contributed by atoms with van der Waals surface area (Å²) in [4.78, 5) is 2.42. The largest absolute Gasteiger partial charge is 0.309 e. The van der Waals surface area contributed by atoms with E-state index in [1.54, 1.807) is 6.08 Å². The molecule has 42 heavy (non-hydrogen) atoms. The molecule has 198 valence electrons. The molecule has 0 radical (unpaired) electrons. The van der Waals surface area contributed by atoms with Crippen LogP contribution in [0, 0.1) is 0 Å². The molecule has 6 aromatic carbocycles. The van der Waals surface area contributed by atoms with E-state index >= 15 is 0 Å². The molecule has 0 atom stereocenters. The number of para-hydroxylation sites is 2. The molecule has 0 N–H and O–H groups in total. The zero-order valence-corrected chi connectivity index (χ0v) is 23.2. The number of hydrogen-bond donors (Lipinski definition) is 0. The molecule has 2 nitrogen and oxygen atoms in total. The first kappa shape index (κ1) is 24.2. The van der Waals surface area contributed by atoms with Crippen LogP contribution in [0.2, 0.25) is 0 Å². The number of hydrogen-bond acceptors (Lipinski definition) is 1. The van der Waals surface area contributed by atoms with Crippen molar-refractivity contribution in [3.8, 4) is 16.8 Å². The van der Waals surface area contributed by atoms with E-state index in [4.69, 9.17) is 0 Å². The summed E-state index contributed by atoms with van der Waals surface area (Å²) in [6.07, 6.45) is 5.68. The first-order valence-electron chi connectivity index (χ1n) is 14.3. The van der Waals surface area contributed by atoms with Gasteiger partial charge in [0.2, 0.25) is 0 Å². The maximum absolute atomic E-state index is 4.00. The molecule has 0 saturated heterocycles. The monoisotopic (exact) mass is 536 g/mol. The Morgan fingerprint density at radius 2 is 1.33 bits per heavy atom. The number of anilines is 3. The van der Waals surface area contributed by atoms with Crippen LogP contribution < -0.4 is 4.90 Å². The van der Waals surface area contributed by atoms with Crippen molar-refractivity contribution in [2.75, 3.05) is 4.90 Å². The molecule has 1 aromatic heterocycles. The molecule has 0 saturated carbocycles. The molecule has 0 fully saturated rings. The Hall–Kier alpha value is -5.60. The molecule has 1 aliphatic rings. The number of allylic oxidation sites excluding steroid dienone is 4. The lowest BCUT2D eigenvalue weighted by Gasteiger charge is -2.34. The van der Waals surface area contributed by atoms with Crippen LogP contribution in [-0.2, 0) is 0 Å². The third kappa shape index (κ3) is 3.52. The molecule has 0 unspecified atom stereocenters. The van der Waals surface area contributed by atoms with Gasteiger partial charge in [0.15, 0.2) is 0 Å². The normalized spacial score (nSPS) is 12.6. The van der Waals surface area contributed by atoms with Crippen LogP contribution >= 0.6 is 0 Å². The van der Waals surface area contributed by atoms with E-state index in [1.165, 1.54) is 55.1 Å². The first-order valence-corrected chi connectivity index (χ1v) is 14.3. The summed E-state index contributed by atoms with van der Waals surface area (Å²) < 4.78 is 2.39. The second-order valence-corrected chi connectivity index (χ2v) is 10.7. The third-order valence-electron chi connectivity index (χ3n) is 8.44. The number of benzene rings is 6. The van der Waals surface area contributed by atoms with Crippen LogP contribution in [0.3, 0.4) is 0 Å². The van der Waals surface area contributed by atoms with Gasteiger partial charge in [-0.1, -0.05) is 110 Å². The second kappa shape index (κ2) is 9.50. The molecule has 2 heterocycles. The van der Waals surface area contributed by atoms with Crippen LogP contribution in [-0.4, -0.2) is 4.57 Å². The second-order valence-electron chi connectivity index (χ2n) is 10.7. The predicted octanol–water partition coefficient (Wildman–Crippen LogP) is 11.1. The van der Waals surface area contributed by atoms with Gasteiger partial charge in [-0.25, -0.2) is 0 Å². The van der Waals surface area contributed by atoms with Gasteiger partial charge in [0.05, 0.1) is 22.4 Å². The lowest BCUT2D eigenvalue weighted by molar-refractivity contribution is 1.18. The van der Waals surface area contributed by atoms with Gasteiger partial charge in [0.25, 0.3) is 0 Å². The minimum atomic E-state index is 1.05. The maximum atomic E-state index is 4.00. The van der Waals surface area contributed by atoms with E-state index in [0.29, 0.717) is 0 Å². The van der Waals surface area contributed by atoms with Gasteiger partial charge in [0.1, 0.15) is 0 Å². The minimum Gasteiger partial charge on any atom is -0.309 e. The van der Waals surface area contributed by atoms with Gasteiger partial charge in [0, 0.05) is 33.1 Å². The Bertz CT molecular complexity index is 2210. The van der Waals surface area contributed by atoms with Crippen LogP contribution in [0.4, 0.5) is 17.1 Å². The standard InChI is InChI=1S/C40H28N2/c1-3-12-27(4-2)28-21-23-31(24-22-28)42-37-20-11-14-29-13-10-18-33(40(29)37)35-25-34-32-17-8-9-19-36(32)41(38(34)26-39(35)42)30-15-6-5-7-16-30/h3-26H,1-2H2/b27-12+. The fraction of sp³-hybridized carbons (Fsp3) is 0. The molecule has 7 aromatic rings. The van der Waals surface area contributed by atoms with Crippen molar-refractivity contribution in [1.29, 1.82) is 0 Å². The van der Waals surface area contributed by atoms with Crippen LogP contribution in [0.25, 0.3) is 55.0 Å². The number of fused-ring (bicyclic) bond motifs is 5. The van der Waals surface area contributed by atoms with E-state index in [-0.39, 0.29) is 0 Å². The molecule has 0 bridgehead atoms. The fourth-order valence-corrected chi connectivity index (χ4v) is 6.61. The molecular weight excluding hydrogens is 508 g/mol. The number of aromatic nitrogens is 1. The predicted molar refractivity (Wildman–Crippen MR) is 180 cm³/mol. The zero-order chi connectivity index (χ0) is 28.2. The third-order valence-corrected chi connectivity index (χ3v) is 8.44. The van der Waals surface area contributed by atoms with E-state index in [0.717, 1.165) is 22.5 Å². The molecule has 2 heteroatoms. The summed E-state index contributed by atoms with van der Waals surface area (Å²) in [5, 5.41) is 5.03. The Morgan fingerprint density at radius 3 is 2.12 bits per heavy atom. The Labute approximate surface area is 245 Å². The van der Waals surface area contributed by atoms with E-state index in [9.17, 15) is 0 Å². The highest BCUT2D eigenvalue weighted by molar-refractivity contribution is 6.19. The highest BCUT2D eigenvalue weighted by Gasteiger charge is 2.28. The fourth-order valence-electron chi connectivity index (χ4n) is 6.61. The van der Waals surface area contributed by atoms with Gasteiger partial charge in [-0.2, -0.15) is 0 Å². The number of nitrogens with zero attached hydrogens (tertiary/aromatic N) is 2. The smallest absolute Gasteiger partial charge is 0.0562 e. The Kier molecular flexibility index (Phi) is 5.48. The van der Waals surface area contributed by atoms with Crippen molar-refractivity contribution in [3.05, 3.63) is 164 Å². The molecule has 0 spiro atoms. The van der Waals surface area contributed by atoms with Crippen molar-refractivity contribution in [1.82, 2.24) is 4.57 Å². The highest BCUT2D eigenvalue weighted by Crippen LogP contribution is 2.52. The zero-order valence-electron chi connectivity index (χ0n) is 23.2. The Morgan fingerprint density at radius 1 is 0.571 bits per heavy atom. The molecule has 8 rings (SSSR count). The average Bonchev–Trinajstić information content (AvgIpc) is 3.37. The van der Waals surface area contributed by atoms with Gasteiger partial charge >= 0.3 is 0 Å². The average molecular weight is 537 g/mol. The molecular formula is C40H28N2. The summed E-state index contributed by atoms with van der Waals surface area (Å²) >= 11 is 0. The summed E-state index contributed by atoms with van der Waals surface area (Å²) in [6.45, 7) is 7.87. The van der Waals surface area contributed by atoms with Crippen molar-refractivity contribution in [2.24, 2.45) is 0 Å². The minimum absolute atomic E-state index is 1.05. The van der Waals surface area contributed by atoms with Gasteiger partial charge in [-0.15, -0.1) is 0 Å². The molecule has 0 aliphatic carbocycles. The lowest BCUT2D eigenvalue weighted by atomic mass is 9.89. The van der Waals surface area contributed by atoms with Crippen LogP contribution in [0.5, 0.6) is 0 Å². The van der Waals surface area contributed by atoms with Crippen molar-refractivity contribution in [2.45, 2.75) is 0 Å². The summed E-state index contributed by atoms with van der Waals surface area (Å²) in [5.41, 5.74) is 11.7. The van der Waals surface area contributed by atoms with E-state index in [2.05, 4.69) is 150 Å². The quantitative estimate of drug-likeness (QED) is 0.199.